The quantitative estimate of drug-likeness (QED) is 0.527. The molecule has 0 aliphatic rings. The Labute approximate surface area is 165 Å². The highest BCUT2D eigenvalue weighted by molar-refractivity contribution is 9.10. The van der Waals surface area contributed by atoms with Gasteiger partial charge in [-0.15, -0.1) is 10.2 Å². The molecule has 3 rings (SSSR count). The average molecular weight is 452 g/mol. The van der Waals surface area contributed by atoms with Crippen molar-refractivity contribution in [3.05, 3.63) is 58.6 Å². The third-order valence-corrected chi connectivity index (χ3v) is 7.52. The monoisotopic (exact) mass is 451 g/mol. The molecule has 0 saturated heterocycles. The van der Waals surface area contributed by atoms with Crippen LogP contribution in [-0.4, -0.2) is 34.7 Å². The molecular weight excluding hydrogens is 434 g/mol. The van der Waals surface area contributed by atoms with E-state index < -0.39 is 9.84 Å². The number of sulfone groups is 1. The third-order valence-electron chi connectivity index (χ3n) is 3.98. The fraction of sp³-hybridized carbons (Fsp3) is 0.222. The van der Waals surface area contributed by atoms with Gasteiger partial charge in [-0.25, -0.2) is 8.42 Å². The first kappa shape index (κ1) is 19.1. The molecule has 0 aliphatic carbocycles. The van der Waals surface area contributed by atoms with E-state index in [9.17, 15) is 8.42 Å². The second kappa shape index (κ2) is 7.94. The first-order valence-electron chi connectivity index (χ1n) is 7.95. The van der Waals surface area contributed by atoms with Crippen LogP contribution in [0.2, 0.25) is 0 Å². The normalized spacial score (nSPS) is 11.7. The van der Waals surface area contributed by atoms with Crippen molar-refractivity contribution < 1.29 is 8.42 Å². The lowest BCUT2D eigenvalue weighted by atomic mass is 10.1. The molecule has 0 aliphatic heterocycles. The molecule has 0 saturated carbocycles. The molecule has 2 aromatic carbocycles. The molecule has 1 aromatic heterocycles. The minimum absolute atomic E-state index is 0.0475. The van der Waals surface area contributed by atoms with E-state index in [0.29, 0.717) is 15.8 Å². The van der Waals surface area contributed by atoms with E-state index in [0.717, 1.165) is 21.4 Å². The van der Waals surface area contributed by atoms with E-state index in [2.05, 4.69) is 26.1 Å². The van der Waals surface area contributed by atoms with Crippen LogP contribution in [0.3, 0.4) is 0 Å². The molecule has 0 atom stereocenters. The van der Waals surface area contributed by atoms with E-state index in [1.165, 1.54) is 11.8 Å². The Hall–Kier alpha value is -1.64. The lowest BCUT2D eigenvalue weighted by Crippen LogP contribution is -2.09. The van der Waals surface area contributed by atoms with E-state index in [1.54, 1.807) is 24.3 Å². The maximum absolute atomic E-state index is 12.4. The SMILES string of the molecule is Cc1ccccc1-c1nnc(SCCS(=O)(=O)c2ccc(Br)cc2)n1C. The standard InChI is InChI=1S/C18H18BrN3O2S2/c1-13-5-3-4-6-16(13)17-20-21-18(22(17)2)25-11-12-26(23,24)15-9-7-14(19)8-10-15/h3-10H,11-12H2,1-2H3. The Bertz CT molecular complexity index is 1020. The van der Waals surface area contributed by atoms with Gasteiger partial charge in [0.05, 0.1) is 10.6 Å². The van der Waals surface area contributed by atoms with E-state index in [4.69, 9.17) is 0 Å². The predicted octanol–water partition coefficient (Wildman–Crippen LogP) is 4.12. The minimum atomic E-state index is -3.31. The lowest BCUT2D eigenvalue weighted by molar-refractivity contribution is 0.597. The van der Waals surface area contributed by atoms with Gasteiger partial charge >= 0.3 is 0 Å². The fourth-order valence-corrected chi connectivity index (χ4v) is 5.32. The molecule has 0 unspecified atom stereocenters. The van der Waals surface area contributed by atoms with Crippen LogP contribution in [0.15, 0.2) is 63.1 Å². The maximum Gasteiger partial charge on any atom is 0.191 e. The van der Waals surface area contributed by atoms with Gasteiger partial charge in [-0.1, -0.05) is 52.0 Å². The van der Waals surface area contributed by atoms with Gasteiger partial charge in [0, 0.05) is 22.8 Å². The summed E-state index contributed by atoms with van der Waals surface area (Å²) in [5, 5.41) is 9.18. The largest absolute Gasteiger partial charge is 0.305 e. The third kappa shape index (κ3) is 4.19. The van der Waals surface area contributed by atoms with Crippen molar-refractivity contribution in [2.24, 2.45) is 7.05 Å². The zero-order chi connectivity index (χ0) is 18.7. The highest BCUT2D eigenvalue weighted by Gasteiger charge is 2.17. The average Bonchev–Trinajstić information content (AvgIpc) is 2.96. The van der Waals surface area contributed by atoms with Gasteiger partial charge in [0.25, 0.3) is 0 Å². The number of aromatic nitrogens is 3. The fourth-order valence-electron chi connectivity index (χ4n) is 2.50. The van der Waals surface area contributed by atoms with Crippen LogP contribution in [-0.2, 0) is 16.9 Å². The predicted molar refractivity (Wildman–Crippen MR) is 108 cm³/mol. The van der Waals surface area contributed by atoms with Crippen LogP contribution < -0.4 is 0 Å². The van der Waals surface area contributed by atoms with Crippen LogP contribution in [0, 0.1) is 6.92 Å². The van der Waals surface area contributed by atoms with Gasteiger partial charge in [-0.3, -0.25) is 0 Å². The Balaban J connectivity index is 1.69. The number of benzene rings is 2. The summed E-state index contributed by atoms with van der Waals surface area (Å²) in [6.07, 6.45) is 0. The zero-order valence-electron chi connectivity index (χ0n) is 14.4. The van der Waals surface area contributed by atoms with Crippen molar-refractivity contribution in [1.29, 1.82) is 0 Å². The van der Waals surface area contributed by atoms with Gasteiger partial charge < -0.3 is 4.57 Å². The highest BCUT2D eigenvalue weighted by Crippen LogP contribution is 2.25. The molecule has 5 nitrogen and oxygen atoms in total. The number of hydrogen-bond donors (Lipinski definition) is 0. The van der Waals surface area contributed by atoms with Crippen molar-refractivity contribution in [3.8, 4) is 11.4 Å². The van der Waals surface area contributed by atoms with Crippen LogP contribution >= 0.6 is 27.7 Å². The molecule has 0 radical (unpaired) electrons. The molecule has 26 heavy (non-hydrogen) atoms. The van der Waals surface area contributed by atoms with E-state index in [1.807, 2.05) is 42.8 Å². The number of thioether (sulfide) groups is 1. The molecule has 8 heteroatoms. The molecule has 1 heterocycles. The molecular formula is C18H18BrN3O2S2. The van der Waals surface area contributed by atoms with Crippen molar-refractivity contribution in [1.82, 2.24) is 14.8 Å². The summed E-state index contributed by atoms with van der Waals surface area (Å²) in [5.74, 6) is 1.24. The first-order valence-corrected chi connectivity index (χ1v) is 11.4. The topological polar surface area (TPSA) is 64.8 Å². The van der Waals surface area contributed by atoms with E-state index >= 15 is 0 Å². The summed E-state index contributed by atoms with van der Waals surface area (Å²) in [6.45, 7) is 2.03. The van der Waals surface area contributed by atoms with Crippen LogP contribution in [0.5, 0.6) is 0 Å². The molecule has 0 fully saturated rings. The summed E-state index contributed by atoms with van der Waals surface area (Å²) < 4.78 is 27.6. The summed E-state index contributed by atoms with van der Waals surface area (Å²) >= 11 is 4.71. The van der Waals surface area contributed by atoms with Gasteiger partial charge in [0.15, 0.2) is 20.8 Å². The summed E-state index contributed by atoms with van der Waals surface area (Å²) in [4.78, 5) is 0.333. The summed E-state index contributed by atoms with van der Waals surface area (Å²) in [6, 6.07) is 14.7. The number of hydrogen-bond acceptors (Lipinski definition) is 5. The molecule has 0 bridgehead atoms. The Kier molecular flexibility index (Phi) is 5.84. The molecule has 0 N–H and O–H groups in total. The molecule has 136 valence electrons. The Morgan fingerprint density at radius 2 is 1.77 bits per heavy atom. The van der Waals surface area contributed by atoms with Crippen molar-refractivity contribution in [2.45, 2.75) is 17.0 Å². The number of rotatable bonds is 6. The van der Waals surface area contributed by atoms with Gasteiger partial charge in [0.1, 0.15) is 0 Å². The second-order valence-corrected chi connectivity index (χ2v) is 9.89. The highest BCUT2D eigenvalue weighted by atomic mass is 79.9. The second-order valence-electron chi connectivity index (χ2n) is 5.80. The van der Waals surface area contributed by atoms with Gasteiger partial charge in [-0.05, 0) is 36.8 Å². The Morgan fingerprint density at radius 3 is 2.46 bits per heavy atom. The number of aryl methyl sites for hydroxylation is 1. The van der Waals surface area contributed by atoms with Gasteiger partial charge in [-0.2, -0.15) is 0 Å². The first-order chi connectivity index (χ1) is 12.4. The van der Waals surface area contributed by atoms with Crippen LogP contribution in [0.25, 0.3) is 11.4 Å². The van der Waals surface area contributed by atoms with E-state index in [-0.39, 0.29) is 5.75 Å². The van der Waals surface area contributed by atoms with Crippen molar-refractivity contribution in [3.63, 3.8) is 0 Å². The minimum Gasteiger partial charge on any atom is -0.305 e. The smallest absolute Gasteiger partial charge is 0.191 e. The molecule has 0 amide bonds. The van der Waals surface area contributed by atoms with Crippen LogP contribution in [0.4, 0.5) is 0 Å². The van der Waals surface area contributed by atoms with Crippen LogP contribution in [0.1, 0.15) is 5.56 Å². The number of nitrogens with zero attached hydrogens (tertiary/aromatic N) is 3. The Morgan fingerprint density at radius 1 is 1.08 bits per heavy atom. The number of halogens is 1. The van der Waals surface area contributed by atoms with Crippen molar-refractivity contribution in [2.75, 3.05) is 11.5 Å². The zero-order valence-corrected chi connectivity index (χ0v) is 17.6. The van der Waals surface area contributed by atoms with Crippen molar-refractivity contribution >= 4 is 37.5 Å². The molecule has 3 aromatic rings. The maximum atomic E-state index is 12.4. The summed E-state index contributed by atoms with van der Waals surface area (Å²) in [7, 11) is -1.42. The summed E-state index contributed by atoms with van der Waals surface area (Å²) in [5.41, 5.74) is 2.15. The lowest BCUT2D eigenvalue weighted by Gasteiger charge is -2.07. The van der Waals surface area contributed by atoms with Gasteiger partial charge in [0.2, 0.25) is 0 Å². The molecule has 0 spiro atoms.